The maximum absolute atomic E-state index is 13.4. The van der Waals surface area contributed by atoms with Gasteiger partial charge in [0.15, 0.2) is 0 Å². The summed E-state index contributed by atoms with van der Waals surface area (Å²) in [4.78, 5) is 13.4. The number of allylic oxidation sites excluding steroid dienone is 1. The molecule has 1 aliphatic heterocycles. The number of hydrogen-bond acceptors (Lipinski definition) is 7. The summed E-state index contributed by atoms with van der Waals surface area (Å²) in [5.41, 5.74) is 2.41. The van der Waals surface area contributed by atoms with E-state index in [1.807, 2.05) is 37.3 Å². The molecule has 0 saturated carbocycles. The second-order valence-corrected chi connectivity index (χ2v) is 6.97. The zero-order valence-corrected chi connectivity index (χ0v) is 17.3. The minimum absolute atomic E-state index is 0.335. The Morgan fingerprint density at radius 3 is 2.60 bits per heavy atom. The average Bonchev–Trinajstić information content (AvgIpc) is 3.22. The van der Waals surface area contributed by atoms with Crippen LogP contribution in [0.2, 0.25) is 5.02 Å². The van der Waals surface area contributed by atoms with Gasteiger partial charge in [-0.3, -0.25) is 4.79 Å². The van der Waals surface area contributed by atoms with Crippen LogP contribution >= 0.6 is 11.6 Å². The normalized spacial score (nSPS) is 15.3. The molecule has 0 aliphatic carbocycles. The van der Waals surface area contributed by atoms with Gasteiger partial charge in [-0.15, -0.1) is 0 Å². The fraction of sp³-hybridized carbons (Fsp3) is 0.200. The topological polar surface area (TPSA) is 103 Å². The number of nitrogens with zero attached hydrogens (tertiary/aromatic N) is 4. The van der Waals surface area contributed by atoms with Gasteiger partial charge in [0.05, 0.1) is 30.5 Å². The Kier molecular flexibility index (Phi) is 5.28. The molecule has 1 aliphatic rings. The molecule has 4 rings (SSSR count). The number of carbonyl (C=O) groups is 1. The van der Waals surface area contributed by atoms with Crippen molar-refractivity contribution >= 4 is 29.1 Å². The monoisotopic (exact) mass is 426 g/mol. The molecule has 0 fully saturated rings. The lowest BCUT2D eigenvalue weighted by Gasteiger charge is -2.28. The van der Waals surface area contributed by atoms with E-state index in [0.717, 1.165) is 5.56 Å². The van der Waals surface area contributed by atoms with E-state index in [-0.39, 0.29) is 5.91 Å². The van der Waals surface area contributed by atoms with Crippen molar-refractivity contribution in [1.29, 1.82) is 0 Å². The fourth-order valence-electron chi connectivity index (χ4n) is 3.40. The van der Waals surface area contributed by atoms with Gasteiger partial charge < -0.3 is 20.1 Å². The Hall–Kier alpha value is -3.59. The van der Waals surface area contributed by atoms with Crippen LogP contribution in [0.1, 0.15) is 18.5 Å². The van der Waals surface area contributed by atoms with Crippen molar-refractivity contribution in [2.24, 2.45) is 0 Å². The maximum Gasteiger partial charge on any atom is 0.255 e. The number of aromatic nitrogens is 4. The van der Waals surface area contributed by atoms with Crippen LogP contribution in [0, 0.1) is 0 Å². The number of methoxy groups -OCH3 is 2. The van der Waals surface area contributed by atoms with E-state index in [0.29, 0.717) is 39.4 Å². The van der Waals surface area contributed by atoms with Crippen LogP contribution in [-0.4, -0.2) is 40.3 Å². The molecule has 1 amide bonds. The Labute approximate surface area is 177 Å². The molecule has 0 spiro atoms. The highest BCUT2D eigenvalue weighted by molar-refractivity contribution is 6.32. The van der Waals surface area contributed by atoms with Gasteiger partial charge in [-0.25, -0.2) is 0 Å². The number of carbonyl (C=O) groups excluding carboxylic acids is 1. The van der Waals surface area contributed by atoms with Gasteiger partial charge in [-0.2, -0.15) is 4.68 Å². The quantitative estimate of drug-likeness (QED) is 0.645. The first-order valence-electron chi connectivity index (χ1n) is 9.07. The van der Waals surface area contributed by atoms with Gasteiger partial charge in [0, 0.05) is 17.8 Å². The van der Waals surface area contributed by atoms with Crippen LogP contribution in [0.3, 0.4) is 0 Å². The molecule has 3 aromatic rings. The summed E-state index contributed by atoms with van der Waals surface area (Å²) in [5.74, 6) is 0.958. The molecule has 2 N–H and O–H groups in total. The van der Waals surface area contributed by atoms with Crippen LogP contribution in [0.15, 0.2) is 53.7 Å². The minimum atomic E-state index is -0.502. The molecule has 2 heterocycles. The first kappa shape index (κ1) is 19.7. The third kappa shape index (κ3) is 3.43. The zero-order chi connectivity index (χ0) is 21.3. The summed E-state index contributed by atoms with van der Waals surface area (Å²) >= 11 is 6.17. The lowest BCUT2D eigenvalue weighted by Crippen LogP contribution is -2.31. The third-order valence-electron chi connectivity index (χ3n) is 4.80. The molecular formula is C20H19ClN6O3. The Morgan fingerprint density at radius 1 is 1.17 bits per heavy atom. The molecule has 1 aromatic heterocycles. The number of amides is 1. The number of fused-ring (bicyclic) bond motifs is 1. The van der Waals surface area contributed by atoms with Crippen LogP contribution in [-0.2, 0) is 4.79 Å². The summed E-state index contributed by atoms with van der Waals surface area (Å²) in [6.07, 6.45) is 0. The van der Waals surface area contributed by atoms with E-state index in [2.05, 4.69) is 26.2 Å². The molecular weight excluding hydrogens is 408 g/mol. The summed E-state index contributed by atoms with van der Waals surface area (Å²) in [6.45, 7) is 1.81. The number of anilines is 2. The van der Waals surface area contributed by atoms with E-state index in [4.69, 9.17) is 21.1 Å². The van der Waals surface area contributed by atoms with Gasteiger partial charge in [-0.1, -0.05) is 47.0 Å². The van der Waals surface area contributed by atoms with Crippen molar-refractivity contribution in [2.45, 2.75) is 13.0 Å². The zero-order valence-electron chi connectivity index (χ0n) is 16.5. The highest BCUT2D eigenvalue weighted by atomic mass is 35.5. The van der Waals surface area contributed by atoms with E-state index in [1.54, 1.807) is 16.8 Å². The first-order chi connectivity index (χ1) is 14.5. The Morgan fingerprint density at radius 2 is 1.90 bits per heavy atom. The number of tetrazole rings is 1. The molecule has 10 heteroatoms. The molecule has 154 valence electrons. The van der Waals surface area contributed by atoms with Crippen molar-refractivity contribution in [3.8, 4) is 11.5 Å². The summed E-state index contributed by atoms with van der Waals surface area (Å²) in [5, 5.41) is 18.2. The molecule has 9 nitrogen and oxygen atoms in total. The molecule has 1 atom stereocenters. The fourth-order valence-corrected chi connectivity index (χ4v) is 3.63. The van der Waals surface area contributed by atoms with Crippen molar-refractivity contribution in [3.63, 3.8) is 0 Å². The van der Waals surface area contributed by atoms with Crippen LogP contribution in [0.25, 0.3) is 0 Å². The van der Waals surface area contributed by atoms with Crippen LogP contribution in [0.4, 0.5) is 11.6 Å². The van der Waals surface area contributed by atoms with E-state index >= 15 is 0 Å². The minimum Gasteiger partial charge on any atom is -0.495 e. The van der Waals surface area contributed by atoms with Gasteiger partial charge >= 0.3 is 0 Å². The van der Waals surface area contributed by atoms with Crippen LogP contribution in [0.5, 0.6) is 11.5 Å². The predicted molar refractivity (Wildman–Crippen MR) is 112 cm³/mol. The second-order valence-electron chi connectivity index (χ2n) is 6.57. The molecule has 30 heavy (non-hydrogen) atoms. The predicted octanol–water partition coefficient (Wildman–Crippen LogP) is 3.27. The molecule has 1 unspecified atom stereocenters. The van der Waals surface area contributed by atoms with Gasteiger partial charge in [0.2, 0.25) is 5.95 Å². The van der Waals surface area contributed by atoms with Gasteiger partial charge in [-0.05, 0) is 22.9 Å². The molecule has 0 saturated heterocycles. The lowest BCUT2D eigenvalue weighted by molar-refractivity contribution is -0.113. The second kappa shape index (κ2) is 8.03. The number of nitrogens with one attached hydrogen (secondary N) is 2. The number of rotatable bonds is 5. The van der Waals surface area contributed by atoms with Crippen molar-refractivity contribution in [2.75, 3.05) is 24.9 Å². The largest absolute Gasteiger partial charge is 0.495 e. The maximum atomic E-state index is 13.4. The van der Waals surface area contributed by atoms with E-state index in [1.165, 1.54) is 14.2 Å². The summed E-state index contributed by atoms with van der Waals surface area (Å²) in [6, 6.07) is 12.3. The van der Waals surface area contributed by atoms with E-state index < -0.39 is 6.04 Å². The smallest absolute Gasteiger partial charge is 0.255 e. The molecule has 2 aromatic carbocycles. The van der Waals surface area contributed by atoms with E-state index in [9.17, 15) is 4.79 Å². The van der Waals surface area contributed by atoms with Crippen molar-refractivity contribution in [1.82, 2.24) is 20.2 Å². The highest BCUT2D eigenvalue weighted by Crippen LogP contribution is 2.38. The molecule has 0 bridgehead atoms. The third-order valence-corrected chi connectivity index (χ3v) is 5.09. The Bertz CT molecular complexity index is 1130. The first-order valence-corrected chi connectivity index (χ1v) is 9.44. The van der Waals surface area contributed by atoms with Crippen LogP contribution < -0.4 is 20.1 Å². The lowest BCUT2D eigenvalue weighted by atomic mass is 9.95. The number of ether oxygens (including phenoxy) is 2. The number of halogens is 1. The highest BCUT2D eigenvalue weighted by Gasteiger charge is 2.34. The van der Waals surface area contributed by atoms with Crippen molar-refractivity contribution < 1.29 is 14.3 Å². The van der Waals surface area contributed by atoms with Gasteiger partial charge in [0.1, 0.15) is 17.5 Å². The average molecular weight is 427 g/mol. The Balaban J connectivity index is 1.76. The number of benzene rings is 2. The SMILES string of the molecule is COc1cc(NC(=O)C2=C(C)Nc3nnnn3C2c2ccccc2)c(OC)cc1Cl. The standard InChI is InChI=1S/C20H19ClN6O3/c1-11-17(19(28)23-14-10-15(29-2)13(21)9-16(14)30-3)18(12-7-5-4-6-8-12)27-20(22-11)24-25-26-27/h4-10,18H,1-3H3,(H,23,28)(H,22,24,26). The summed E-state index contributed by atoms with van der Waals surface area (Å²) < 4.78 is 12.2. The molecule has 0 radical (unpaired) electrons. The number of hydrogen-bond donors (Lipinski definition) is 2. The van der Waals surface area contributed by atoms with Gasteiger partial charge in [0.25, 0.3) is 5.91 Å². The van der Waals surface area contributed by atoms with Crippen molar-refractivity contribution in [3.05, 3.63) is 64.3 Å². The summed E-state index contributed by atoms with van der Waals surface area (Å²) in [7, 11) is 3.00.